The van der Waals surface area contributed by atoms with Crippen molar-refractivity contribution in [3.63, 3.8) is 0 Å². The van der Waals surface area contributed by atoms with E-state index < -0.39 is 32.2 Å². The Hall–Kier alpha value is -1.04. The van der Waals surface area contributed by atoms with Gasteiger partial charge in [-0.05, 0) is 12.1 Å². The highest BCUT2D eigenvalue weighted by Crippen LogP contribution is 2.18. The second kappa shape index (κ2) is 3.61. The summed E-state index contributed by atoms with van der Waals surface area (Å²) in [5.41, 5.74) is 0. The molecule has 0 N–H and O–H groups in total. The van der Waals surface area contributed by atoms with Gasteiger partial charge in [0.25, 0.3) is 0 Å². The van der Waals surface area contributed by atoms with E-state index in [9.17, 15) is 21.6 Å². The first-order valence-electron chi connectivity index (χ1n) is 3.75. The van der Waals surface area contributed by atoms with Crippen LogP contribution in [0.15, 0.2) is 17.0 Å². The number of sulfone groups is 1. The molecule has 0 bridgehead atoms. The second-order valence-electron chi connectivity index (χ2n) is 2.60. The normalized spacial score (nSPS) is 11.7. The van der Waals surface area contributed by atoms with Gasteiger partial charge in [0.15, 0.2) is 27.3 Å². The van der Waals surface area contributed by atoms with E-state index in [0.717, 1.165) is 0 Å². The third-order valence-electron chi connectivity index (χ3n) is 1.70. The monoisotopic (exact) mass is 224 g/mol. The highest BCUT2D eigenvalue weighted by Gasteiger charge is 2.18. The Balaban J connectivity index is 3.41. The third-order valence-corrected chi connectivity index (χ3v) is 3.41. The maximum Gasteiger partial charge on any atom is 0.194 e. The zero-order valence-electron chi connectivity index (χ0n) is 7.22. The van der Waals surface area contributed by atoms with Crippen molar-refractivity contribution in [2.75, 3.05) is 5.75 Å². The predicted octanol–water partition coefficient (Wildman–Crippen LogP) is 1.90. The lowest BCUT2D eigenvalue weighted by atomic mass is 10.3. The van der Waals surface area contributed by atoms with Crippen molar-refractivity contribution >= 4 is 9.84 Å². The lowest BCUT2D eigenvalue weighted by molar-refractivity contribution is 0.442. The van der Waals surface area contributed by atoms with E-state index >= 15 is 0 Å². The van der Waals surface area contributed by atoms with Crippen LogP contribution in [0.4, 0.5) is 13.2 Å². The van der Waals surface area contributed by atoms with Gasteiger partial charge in [0.1, 0.15) is 0 Å². The van der Waals surface area contributed by atoms with Crippen LogP contribution in [-0.4, -0.2) is 14.2 Å². The van der Waals surface area contributed by atoms with E-state index in [0.29, 0.717) is 12.1 Å². The Bertz CT molecular complexity index is 431. The van der Waals surface area contributed by atoms with Crippen LogP contribution in [0.3, 0.4) is 0 Å². The summed E-state index contributed by atoms with van der Waals surface area (Å²) in [6, 6.07) is 0.939. The van der Waals surface area contributed by atoms with Gasteiger partial charge >= 0.3 is 0 Å². The second-order valence-corrected chi connectivity index (χ2v) is 4.88. The van der Waals surface area contributed by atoms with E-state index in [2.05, 4.69) is 0 Å². The molecule has 1 aromatic carbocycles. The fraction of sp³-hybridized carbons (Fsp3) is 0.250. The summed E-state index contributed by atoms with van der Waals surface area (Å²) in [5, 5.41) is 0. The minimum Gasteiger partial charge on any atom is -0.224 e. The van der Waals surface area contributed by atoms with Crippen molar-refractivity contribution in [3.05, 3.63) is 29.6 Å². The summed E-state index contributed by atoms with van der Waals surface area (Å²) in [5.74, 6) is -4.97. The lowest BCUT2D eigenvalue weighted by Crippen LogP contribution is -2.06. The molecular weight excluding hydrogens is 217 g/mol. The molecule has 0 radical (unpaired) electrons. The molecule has 0 atom stereocenters. The molecule has 0 fully saturated rings. The molecule has 6 heteroatoms. The summed E-state index contributed by atoms with van der Waals surface area (Å²) >= 11 is 0. The zero-order chi connectivity index (χ0) is 10.9. The molecule has 1 rings (SSSR count). The summed E-state index contributed by atoms with van der Waals surface area (Å²) in [6.45, 7) is 1.33. The number of rotatable bonds is 2. The van der Waals surface area contributed by atoms with Crippen molar-refractivity contribution < 1.29 is 21.6 Å². The maximum absolute atomic E-state index is 12.6. The zero-order valence-corrected chi connectivity index (χ0v) is 8.04. The van der Waals surface area contributed by atoms with E-state index in [-0.39, 0.29) is 5.75 Å². The highest BCUT2D eigenvalue weighted by atomic mass is 32.2. The first-order valence-corrected chi connectivity index (χ1v) is 5.41. The third kappa shape index (κ3) is 1.89. The van der Waals surface area contributed by atoms with Gasteiger partial charge < -0.3 is 0 Å². The molecule has 2 nitrogen and oxygen atoms in total. The van der Waals surface area contributed by atoms with Gasteiger partial charge in [0, 0.05) is 0 Å². The van der Waals surface area contributed by atoms with Crippen LogP contribution in [0.25, 0.3) is 0 Å². The number of halogens is 3. The summed E-state index contributed by atoms with van der Waals surface area (Å²) in [6.07, 6.45) is 0. The Morgan fingerprint density at radius 1 is 1.14 bits per heavy atom. The molecule has 78 valence electrons. The predicted molar refractivity (Wildman–Crippen MR) is 44.0 cm³/mol. The molecule has 0 aliphatic rings. The topological polar surface area (TPSA) is 34.1 Å². The SMILES string of the molecule is CCS(=O)(=O)c1cc(F)c(F)c(F)c1. The molecule has 1 aromatic rings. The summed E-state index contributed by atoms with van der Waals surface area (Å²) in [7, 11) is -3.71. The molecule has 0 saturated carbocycles. The number of benzene rings is 1. The fourth-order valence-corrected chi connectivity index (χ4v) is 1.78. The maximum atomic E-state index is 12.6. The summed E-state index contributed by atoms with van der Waals surface area (Å²) < 4.78 is 60.0. The Morgan fingerprint density at radius 3 is 1.93 bits per heavy atom. The summed E-state index contributed by atoms with van der Waals surface area (Å²) in [4.78, 5) is -0.545. The van der Waals surface area contributed by atoms with Gasteiger partial charge in [-0.1, -0.05) is 6.92 Å². The van der Waals surface area contributed by atoms with Crippen molar-refractivity contribution in [2.45, 2.75) is 11.8 Å². The van der Waals surface area contributed by atoms with Crippen LogP contribution in [-0.2, 0) is 9.84 Å². The largest absolute Gasteiger partial charge is 0.224 e. The van der Waals surface area contributed by atoms with Crippen molar-refractivity contribution in [2.24, 2.45) is 0 Å². The molecule has 0 amide bonds. The fourth-order valence-electron chi connectivity index (χ4n) is 0.878. The van der Waals surface area contributed by atoms with Gasteiger partial charge in [-0.25, -0.2) is 21.6 Å². The smallest absolute Gasteiger partial charge is 0.194 e. The van der Waals surface area contributed by atoms with Crippen LogP contribution in [0.1, 0.15) is 6.92 Å². The molecule has 0 aliphatic carbocycles. The molecule has 0 aromatic heterocycles. The van der Waals surface area contributed by atoms with Crippen LogP contribution in [0.5, 0.6) is 0 Å². The Morgan fingerprint density at radius 2 is 1.57 bits per heavy atom. The highest BCUT2D eigenvalue weighted by molar-refractivity contribution is 7.91. The van der Waals surface area contributed by atoms with E-state index in [4.69, 9.17) is 0 Å². The van der Waals surface area contributed by atoms with Crippen molar-refractivity contribution in [1.82, 2.24) is 0 Å². The Kier molecular flexibility index (Phi) is 2.84. The van der Waals surface area contributed by atoms with Gasteiger partial charge in [-0.15, -0.1) is 0 Å². The molecule has 0 saturated heterocycles. The van der Waals surface area contributed by atoms with E-state index in [1.54, 1.807) is 0 Å². The molecule has 14 heavy (non-hydrogen) atoms. The van der Waals surface area contributed by atoms with Crippen LogP contribution in [0, 0.1) is 17.5 Å². The van der Waals surface area contributed by atoms with Crippen LogP contribution < -0.4 is 0 Å². The molecule has 0 heterocycles. The molecule has 0 unspecified atom stereocenters. The molecular formula is C8H7F3O2S. The Labute approximate surface area is 79.3 Å². The lowest BCUT2D eigenvalue weighted by Gasteiger charge is -2.02. The minimum absolute atomic E-state index is 0.294. The molecule has 0 aliphatic heterocycles. The first-order chi connectivity index (χ1) is 6.38. The van der Waals surface area contributed by atoms with Gasteiger partial charge in [0.2, 0.25) is 0 Å². The van der Waals surface area contributed by atoms with Crippen molar-refractivity contribution in [3.8, 4) is 0 Å². The first kappa shape index (κ1) is 11.0. The van der Waals surface area contributed by atoms with E-state index in [1.165, 1.54) is 6.92 Å². The van der Waals surface area contributed by atoms with Gasteiger partial charge in [-0.2, -0.15) is 0 Å². The quantitative estimate of drug-likeness (QED) is 0.568. The minimum atomic E-state index is -3.71. The van der Waals surface area contributed by atoms with E-state index in [1.807, 2.05) is 0 Å². The van der Waals surface area contributed by atoms with Gasteiger partial charge in [-0.3, -0.25) is 0 Å². The van der Waals surface area contributed by atoms with Gasteiger partial charge in [0.05, 0.1) is 10.6 Å². The number of hydrogen-bond acceptors (Lipinski definition) is 2. The van der Waals surface area contributed by atoms with Crippen LogP contribution in [0.2, 0.25) is 0 Å². The standard InChI is InChI=1S/C8H7F3O2S/c1-2-14(12,13)5-3-6(9)8(11)7(10)4-5/h3-4H,2H2,1H3. The van der Waals surface area contributed by atoms with Crippen LogP contribution >= 0.6 is 0 Å². The average Bonchev–Trinajstić information content (AvgIpc) is 2.13. The average molecular weight is 224 g/mol. The van der Waals surface area contributed by atoms with Crippen molar-refractivity contribution in [1.29, 1.82) is 0 Å². The number of hydrogen-bond donors (Lipinski definition) is 0. The molecule has 0 spiro atoms.